The van der Waals surface area contributed by atoms with E-state index in [0.29, 0.717) is 18.6 Å². The Morgan fingerprint density at radius 3 is 3.18 bits per heavy atom. The Bertz CT molecular complexity index is 206. The summed E-state index contributed by atoms with van der Waals surface area (Å²) >= 11 is 0. The van der Waals surface area contributed by atoms with Gasteiger partial charge in [0.1, 0.15) is 0 Å². The van der Waals surface area contributed by atoms with Crippen LogP contribution in [-0.4, -0.2) is 12.6 Å². The van der Waals surface area contributed by atoms with Gasteiger partial charge in [0.25, 0.3) is 0 Å². The summed E-state index contributed by atoms with van der Waals surface area (Å²) in [5.74, 6) is -0.232. The van der Waals surface area contributed by atoms with Gasteiger partial charge in [-0.05, 0) is 13.1 Å². The van der Waals surface area contributed by atoms with Gasteiger partial charge in [-0.2, -0.15) is 0 Å². The molecule has 0 radical (unpaired) electrons. The second kappa shape index (κ2) is 3.81. The van der Waals surface area contributed by atoms with E-state index in [0.717, 1.165) is 0 Å². The zero-order valence-corrected chi connectivity index (χ0v) is 6.46. The highest BCUT2D eigenvalue weighted by Crippen LogP contribution is 2.06. The molecule has 1 heterocycles. The van der Waals surface area contributed by atoms with Gasteiger partial charge in [0.05, 0.1) is 12.2 Å². The minimum Gasteiger partial charge on any atom is -0.463 e. The van der Waals surface area contributed by atoms with Crippen LogP contribution < -0.4 is 5.32 Å². The van der Waals surface area contributed by atoms with E-state index in [-0.39, 0.29) is 5.97 Å². The van der Waals surface area contributed by atoms with Crippen molar-refractivity contribution in [3.8, 4) is 0 Å². The first-order valence-electron chi connectivity index (χ1n) is 3.62. The molecule has 0 aliphatic carbocycles. The van der Waals surface area contributed by atoms with Crippen LogP contribution in [0.3, 0.4) is 0 Å². The molecule has 0 aromatic heterocycles. The van der Waals surface area contributed by atoms with Crippen molar-refractivity contribution in [2.75, 3.05) is 6.61 Å². The molecular formula is C8H11NO2. The first kappa shape index (κ1) is 7.85. The summed E-state index contributed by atoms with van der Waals surface area (Å²) in [6, 6.07) is 0. The molecule has 0 atom stereocenters. The Kier molecular flexibility index (Phi) is 2.72. The molecule has 0 saturated carbocycles. The summed E-state index contributed by atoms with van der Waals surface area (Å²) in [7, 11) is 0. The zero-order valence-electron chi connectivity index (χ0n) is 6.46. The third kappa shape index (κ3) is 2.11. The maximum Gasteiger partial charge on any atom is 0.335 e. The summed E-state index contributed by atoms with van der Waals surface area (Å²) in [5, 5.41) is 2.83. The summed E-state index contributed by atoms with van der Waals surface area (Å²) in [5.41, 5.74) is 0.675. The Morgan fingerprint density at radius 1 is 1.82 bits per heavy atom. The maximum absolute atomic E-state index is 11.0. The number of hydrogen-bond acceptors (Lipinski definition) is 3. The van der Waals surface area contributed by atoms with Crippen molar-refractivity contribution in [3.63, 3.8) is 0 Å². The molecule has 0 amide bonds. The van der Waals surface area contributed by atoms with Crippen LogP contribution in [-0.2, 0) is 9.53 Å². The lowest BCUT2D eigenvalue weighted by Gasteiger charge is -2.07. The average Bonchev–Trinajstić information content (AvgIpc) is 2.07. The van der Waals surface area contributed by atoms with Crippen LogP contribution >= 0.6 is 0 Å². The van der Waals surface area contributed by atoms with Crippen LogP contribution in [0.5, 0.6) is 0 Å². The van der Waals surface area contributed by atoms with E-state index in [2.05, 4.69) is 5.32 Å². The van der Waals surface area contributed by atoms with Crippen LogP contribution in [0, 0.1) is 0 Å². The second-order valence-electron chi connectivity index (χ2n) is 2.16. The smallest absolute Gasteiger partial charge is 0.335 e. The lowest BCUT2D eigenvalue weighted by atomic mass is 10.2. The standard InChI is InChI=1S/C8H11NO2/c1-2-11-8(10)7-4-3-5-9-6-7/h3,5-6,9H,2,4H2,1H3. The number of allylic oxidation sites excluding steroid dienone is 1. The summed E-state index contributed by atoms with van der Waals surface area (Å²) in [6.07, 6.45) is 6.00. The Morgan fingerprint density at radius 2 is 2.64 bits per heavy atom. The third-order valence-electron chi connectivity index (χ3n) is 1.35. The molecule has 11 heavy (non-hydrogen) atoms. The molecule has 1 aliphatic heterocycles. The Hall–Kier alpha value is -1.25. The number of hydrogen-bond donors (Lipinski definition) is 1. The summed E-state index contributed by atoms with van der Waals surface area (Å²) in [6.45, 7) is 2.23. The molecule has 0 aromatic rings. The van der Waals surface area contributed by atoms with Crippen molar-refractivity contribution in [3.05, 3.63) is 24.0 Å². The highest BCUT2D eigenvalue weighted by molar-refractivity contribution is 5.88. The number of carbonyl (C=O) groups is 1. The van der Waals surface area contributed by atoms with E-state index in [1.54, 1.807) is 19.3 Å². The molecule has 3 heteroatoms. The van der Waals surface area contributed by atoms with E-state index >= 15 is 0 Å². The first-order chi connectivity index (χ1) is 5.34. The number of carbonyl (C=O) groups excluding carboxylic acids is 1. The quantitative estimate of drug-likeness (QED) is 0.600. The molecule has 1 aliphatic rings. The van der Waals surface area contributed by atoms with E-state index < -0.39 is 0 Å². The van der Waals surface area contributed by atoms with E-state index in [1.807, 2.05) is 6.08 Å². The third-order valence-corrected chi connectivity index (χ3v) is 1.35. The minimum atomic E-state index is -0.232. The number of ether oxygens (including phenoxy) is 1. The SMILES string of the molecule is CCOC(=O)C1=CNC=CC1. The fraction of sp³-hybridized carbons (Fsp3) is 0.375. The van der Waals surface area contributed by atoms with Gasteiger partial charge in [0.2, 0.25) is 0 Å². The first-order valence-corrected chi connectivity index (χ1v) is 3.62. The molecule has 0 spiro atoms. The van der Waals surface area contributed by atoms with Crippen molar-refractivity contribution in [1.82, 2.24) is 5.32 Å². The largest absolute Gasteiger partial charge is 0.463 e. The number of esters is 1. The van der Waals surface area contributed by atoms with Gasteiger partial charge < -0.3 is 10.1 Å². The lowest BCUT2D eigenvalue weighted by Crippen LogP contribution is -2.12. The molecule has 3 nitrogen and oxygen atoms in total. The van der Waals surface area contributed by atoms with E-state index in [1.165, 1.54) is 0 Å². The molecule has 0 fully saturated rings. The van der Waals surface area contributed by atoms with Crippen LogP contribution in [0.2, 0.25) is 0 Å². The molecule has 0 aromatic carbocycles. The average molecular weight is 153 g/mol. The van der Waals surface area contributed by atoms with Crippen molar-refractivity contribution in [2.24, 2.45) is 0 Å². The minimum absolute atomic E-state index is 0.232. The highest BCUT2D eigenvalue weighted by Gasteiger charge is 2.09. The van der Waals surface area contributed by atoms with E-state index in [4.69, 9.17) is 4.74 Å². The molecule has 0 saturated heterocycles. The van der Waals surface area contributed by atoms with Gasteiger partial charge in [-0.1, -0.05) is 6.08 Å². The number of dihydropyridines is 1. The molecule has 60 valence electrons. The molecule has 0 unspecified atom stereocenters. The normalized spacial score (nSPS) is 15.2. The highest BCUT2D eigenvalue weighted by atomic mass is 16.5. The Labute approximate surface area is 65.7 Å². The van der Waals surface area contributed by atoms with Gasteiger partial charge in [-0.15, -0.1) is 0 Å². The van der Waals surface area contributed by atoms with Gasteiger partial charge in [0, 0.05) is 12.6 Å². The van der Waals surface area contributed by atoms with Gasteiger partial charge in [-0.25, -0.2) is 4.79 Å². The van der Waals surface area contributed by atoms with Crippen molar-refractivity contribution >= 4 is 5.97 Å². The van der Waals surface area contributed by atoms with Crippen LogP contribution in [0.1, 0.15) is 13.3 Å². The van der Waals surface area contributed by atoms with Gasteiger partial charge in [-0.3, -0.25) is 0 Å². The molecule has 0 bridgehead atoms. The maximum atomic E-state index is 11.0. The van der Waals surface area contributed by atoms with Gasteiger partial charge >= 0.3 is 5.97 Å². The summed E-state index contributed by atoms with van der Waals surface area (Å²) in [4.78, 5) is 11.0. The Balaban J connectivity index is 2.46. The number of rotatable bonds is 2. The monoisotopic (exact) mass is 153 g/mol. The van der Waals surface area contributed by atoms with Crippen LogP contribution in [0.4, 0.5) is 0 Å². The van der Waals surface area contributed by atoms with Crippen LogP contribution in [0.15, 0.2) is 24.0 Å². The zero-order chi connectivity index (χ0) is 8.10. The van der Waals surface area contributed by atoms with Crippen LogP contribution in [0.25, 0.3) is 0 Å². The topological polar surface area (TPSA) is 38.3 Å². The fourth-order valence-corrected chi connectivity index (χ4v) is 0.828. The predicted molar refractivity (Wildman–Crippen MR) is 41.6 cm³/mol. The lowest BCUT2D eigenvalue weighted by molar-refractivity contribution is -0.138. The molecular weight excluding hydrogens is 142 g/mol. The predicted octanol–water partition coefficient (Wildman–Crippen LogP) is 0.940. The fourth-order valence-electron chi connectivity index (χ4n) is 0.828. The summed E-state index contributed by atoms with van der Waals surface area (Å²) < 4.78 is 4.80. The number of nitrogens with one attached hydrogen (secondary N) is 1. The van der Waals surface area contributed by atoms with Gasteiger partial charge in [0.15, 0.2) is 0 Å². The van der Waals surface area contributed by atoms with Crippen molar-refractivity contribution in [1.29, 1.82) is 0 Å². The second-order valence-corrected chi connectivity index (χ2v) is 2.16. The van der Waals surface area contributed by atoms with Crippen molar-refractivity contribution < 1.29 is 9.53 Å². The molecule has 1 rings (SSSR count). The van der Waals surface area contributed by atoms with E-state index in [9.17, 15) is 4.79 Å². The van der Waals surface area contributed by atoms with Crippen molar-refractivity contribution in [2.45, 2.75) is 13.3 Å². The molecule has 1 N–H and O–H groups in total.